The second kappa shape index (κ2) is 5.72. The Bertz CT molecular complexity index is 775. The van der Waals surface area contributed by atoms with Gasteiger partial charge in [0.15, 0.2) is 5.43 Å². The highest BCUT2D eigenvalue weighted by Crippen LogP contribution is 2.20. The number of carbonyl (C=O) groups is 1. The highest BCUT2D eigenvalue weighted by atomic mass is 79.9. The van der Waals surface area contributed by atoms with Gasteiger partial charge in [-0.05, 0) is 25.1 Å². The lowest BCUT2D eigenvalue weighted by molar-refractivity contribution is 0.102. The molecule has 0 unspecified atom stereocenters. The molecule has 1 amide bonds. The van der Waals surface area contributed by atoms with E-state index >= 15 is 0 Å². The van der Waals surface area contributed by atoms with E-state index in [2.05, 4.69) is 26.2 Å². The summed E-state index contributed by atoms with van der Waals surface area (Å²) in [5, 5.41) is 11.6. The number of aromatic amines is 1. The van der Waals surface area contributed by atoms with Crippen LogP contribution in [-0.4, -0.2) is 10.9 Å². The molecular formula is C14H10BrN3O2. The zero-order valence-corrected chi connectivity index (χ0v) is 12.1. The fourth-order valence-corrected chi connectivity index (χ4v) is 2.02. The number of aryl methyl sites for hydroxylation is 1. The molecule has 1 aromatic carbocycles. The molecule has 0 aliphatic carbocycles. The molecule has 0 fully saturated rings. The number of halogens is 1. The first-order valence-corrected chi connectivity index (χ1v) is 6.51. The van der Waals surface area contributed by atoms with Crippen LogP contribution in [0.15, 0.2) is 39.7 Å². The van der Waals surface area contributed by atoms with E-state index < -0.39 is 5.91 Å². The van der Waals surface area contributed by atoms with E-state index in [1.165, 1.54) is 12.3 Å². The fourth-order valence-electron chi connectivity index (χ4n) is 1.66. The molecule has 100 valence electrons. The third-order valence-corrected chi connectivity index (χ3v) is 3.15. The summed E-state index contributed by atoms with van der Waals surface area (Å²) in [6, 6.07) is 8.23. The van der Waals surface area contributed by atoms with E-state index in [0.29, 0.717) is 16.9 Å². The van der Waals surface area contributed by atoms with Crippen LogP contribution in [0.1, 0.15) is 21.6 Å². The van der Waals surface area contributed by atoms with E-state index in [1.807, 2.05) is 6.07 Å². The van der Waals surface area contributed by atoms with Crippen molar-refractivity contribution in [2.45, 2.75) is 6.92 Å². The number of pyridine rings is 1. The number of hydrogen-bond donors (Lipinski definition) is 2. The minimum absolute atomic E-state index is 0.00223. The van der Waals surface area contributed by atoms with Crippen molar-refractivity contribution < 1.29 is 4.79 Å². The third-order valence-electron chi connectivity index (χ3n) is 2.65. The summed E-state index contributed by atoms with van der Waals surface area (Å²) in [6.07, 6.45) is 1.36. The van der Waals surface area contributed by atoms with Gasteiger partial charge in [-0.1, -0.05) is 15.9 Å². The molecule has 2 N–H and O–H groups in total. The second-order valence-corrected chi connectivity index (χ2v) is 5.07. The number of benzene rings is 1. The van der Waals surface area contributed by atoms with E-state index in [-0.39, 0.29) is 11.0 Å². The van der Waals surface area contributed by atoms with Gasteiger partial charge in [0.2, 0.25) is 0 Å². The third kappa shape index (κ3) is 2.95. The maximum Gasteiger partial charge on any atom is 0.261 e. The van der Waals surface area contributed by atoms with Gasteiger partial charge in [-0.25, -0.2) is 0 Å². The number of aromatic nitrogens is 1. The first-order valence-electron chi connectivity index (χ1n) is 5.71. The molecule has 0 radical (unpaired) electrons. The van der Waals surface area contributed by atoms with Crippen LogP contribution >= 0.6 is 15.9 Å². The Labute approximate surface area is 123 Å². The number of nitriles is 1. The van der Waals surface area contributed by atoms with Gasteiger partial charge in [-0.15, -0.1) is 0 Å². The quantitative estimate of drug-likeness (QED) is 0.886. The van der Waals surface area contributed by atoms with Gasteiger partial charge in [0.05, 0.1) is 11.3 Å². The Hall–Kier alpha value is -2.39. The molecule has 0 saturated carbocycles. The summed E-state index contributed by atoms with van der Waals surface area (Å²) in [5.74, 6) is -0.551. The number of nitrogens with one attached hydrogen (secondary N) is 2. The monoisotopic (exact) mass is 331 g/mol. The topological polar surface area (TPSA) is 85.8 Å². The van der Waals surface area contributed by atoms with Crippen molar-refractivity contribution in [2.24, 2.45) is 0 Å². The molecule has 0 spiro atoms. The molecule has 5 nitrogen and oxygen atoms in total. The van der Waals surface area contributed by atoms with Crippen LogP contribution in [0.5, 0.6) is 0 Å². The Kier molecular flexibility index (Phi) is 4.01. The van der Waals surface area contributed by atoms with Crippen molar-refractivity contribution in [1.82, 2.24) is 4.98 Å². The molecule has 1 heterocycles. The molecule has 0 saturated heterocycles. The lowest BCUT2D eigenvalue weighted by Crippen LogP contribution is -2.22. The highest BCUT2D eigenvalue weighted by Gasteiger charge is 2.12. The minimum atomic E-state index is -0.551. The van der Waals surface area contributed by atoms with Crippen molar-refractivity contribution >= 4 is 27.5 Å². The van der Waals surface area contributed by atoms with Gasteiger partial charge in [0.1, 0.15) is 11.6 Å². The van der Waals surface area contributed by atoms with Crippen LogP contribution < -0.4 is 10.7 Å². The lowest BCUT2D eigenvalue weighted by atomic mass is 10.1. The van der Waals surface area contributed by atoms with Crippen molar-refractivity contribution in [3.8, 4) is 6.07 Å². The van der Waals surface area contributed by atoms with Crippen molar-refractivity contribution in [3.05, 3.63) is 62.0 Å². The van der Waals surface area contributed by atoms with Crippen molar-refractivity contribution in [2.75, 3.05) is 5.32 Å². The zero-order chi connectivity index (χ0) is 14.7. The van der Waals surface area contributed by atoms with E-state index in [9.17, 15) is 9.59 Å². The zero-order valence-electron chi connectivity index (χ0n) is 10.5. The minimum Gasteiger partial charge on any atom is -0.364 e. The predicted octanol–water partition coefficient (Wildman–Crippen LogP) is 2.57. The number of hydrogen-bond acceptors (Lipinski definition) is 3. The number of anilines is 1. The summed E-state index contributed by atoms with van der Waals surface area (Å²) >= 11 is 3.25. The Morgan fingerprint density at radius 3 is 2.80 bits per heavy atom. The second-order valence-electron chi connectivity index (χ2n) is 4.15. The van der Waals surface area contributed by atoms with Crippen LogP contribution in [0.3, 0.4) is 0 Å². The molecule has 0 aliphatic rings. The maximum absolute atomic E-state index is 12.0. The highest BCUT2D eigenvalue weighted by molar-refractivity contribution is 9.10. The Balaban J connectivity index is 2.33. The largest absolute Gasteiger partial charge is 0.364 e. The van der Waals surface area contributed by atoms with Gasteiger partial charge < -0.3 is 10.3 Å². The van der Waals surface area contributed by atoms with Crippen LogP contribution in [0.4, 0.5) is 5.69 Å². The molecule has 1 aromatic heterocycles. The molecule has 6 heteroatoms. The summed E-state index contributed by atoms with van der Waals surface area (Å²) in [4.78, 5) is 26.6. The van der Waals surface area contributed by atoms with Crippen LogP contribution in [-0.2, 0) is 0 Å². The lowest BCUT2D eigenvalue weighted by Gasteiger charge is -2.07. The molecule has 0 aliphatic heterocycles. The number of carbonyl (C=O) groups excluding carboxylic acids is 1. The number of H-pyrrole nitrogens is 1. The first kappa shape index (κ1) is 14.0. The summed E-state index contributed by atoms with van der Waals surface area (Å²) in [5.41, 5.74) is 0.988. The standard InChI is InChI=1S/C14H10BrN3O2/c1-8-4-13(19)11(7-17-8)14(20)18-12-3-2-10(15)5-9(12)6-16/h2-5,7H,1H3,(H,17,19)(H,18,20). The van der Waals surface area contributed by atoms with Gasteiger partial charge in [-0.2, -0.15) is 5.26 Å². The van der Waals surface area contributed by atoms with Crippen molar-refractivity contribution in [1.29, 1.82) is 5.26 Å². The molecule has 2 aromatic rings. The van der Waals surface area contributed by atoms with Crippen molar-refractivity contribution in [3.63, 3.8) is 0 Å². The summed E-state index contributed by atoms with van der Waals surface area (Å²) < 4.78 is 0.736. The van der Waals surface area contributed by atoms with Crippen LogP contribution in [0.25, 0.3) is 0 Å². The molecule has 2 rings (SSSR count). The van der Waals surface area contributed by atoms with Crippen LogP contribution in [0, 0.1) is 18.3 Å². The average Bonchev–Trinajstić information content (AvgIpc) is 2.40. The average molecular weight is 332 g/mol. The predicted molar refractivity (Wildman–Crippen MR) is 78.6 cm³/mol. The van der Waals surface area contributed by atoms with E-state index in [1.54, 1.807) is 25.1 Å². The Morgan fingerprint density at radius 1 is 1.40 bits per heavy atom. The normalized spacial score (nSPS) is 9.85. The van der Waals surface area contributed by atoms with Gasteiger partial charge in [0, 0.05) is 22.4 Å². The van der Waals surface area contributed by atoms with E-state index in [4.69, 9.17) is 5.26 Å². The smallest absolute Gasteiger partial charge is 0.261 e. The van der Waals surface area contributed by atoms with Gasteiger partial charge >= 0.3 is 0 Å². The number of rotatable bonds is 2. The maximum atomic E-state index is 12.0. The fraction of sp³-hybridized carbons (Fsp3) is 0.0714. The van der Waals surface area contributed by atoms with E-state index in [0.717, 1.165) is 4.47 Å². The Morgan fingerprint density at radius 2 is 2.15 bits per heavy atom. The summed E-state index contributed by atoms with van der Waals surface area (Å²) in [7, 11) is 0. The molecule has 20 heavy (non-hydrogen) atoms. The van der Waals surface area contributed by atoms with Crippen LogP contribution in [0.2, 0.25) is 0 Å². The summed E-state index contributed by atoms with van der Waals surface area (Å²) in [6.45, 7) is 1.73. The molecule has 0 atom stereocenters. The molecular weight excluding hydrogens is 322 g/mol. The molecule has 0 bridgehead atoms. The van der Waals surface area contributed by atoms with Gasteiger partial charge in [0.25, 0.3) is 5.91 Å². The van der Waals surface area contributed by atoms with Gasteiger partial charge in [-0.3, -0.25) is 9.59 Å². The number of amides is 1. The number of nitrogens with zero attached hydrogens (tertiary/aromatic N) is 1. The first-order chi connectivity index (χ1) is 9.51. The SMILES string of the molecule is Cc1cc(=O)c(C(=O)Nc2ccc(Br)cc2C#N)c[nH]1.